The first-order chi connectivity index (χ1) is 24.8. The summed E-state index contributed by atoms with van der Waals surface area (Å²) >= 11 is 0. The van der Waals surface area contributed by atoms with Crippen LogP contribution in [0.3, 0.4) is 0 Å². The van der Waals surface area contributed by atoms with Crippen LogP contribution in [0.1, 0.15) is 25.3 Å². The van der Waals surface area contributed by atoms with Crippen molar-refractivity contribution in [1.82, 2.24) is 4.48 Å². The highest BCUT2D eigenvalue weighted by atomic mass is 16.3. The number of aryl methyl sites for hydroxylation is 1. The second-order valence-corrected chi connectivity index (χ2v) is 13.9. The van der Waals surface area contributed by atoms with Gasteiger partial charge in [-0.25, -0.2) is 0 Å². The van der Waals surface area contributed by atoms with Crippen LogP contribution in [-0.4, -0.2) is 11.3 Å². The second kappa shape index (κ2) is 10.5. The van der Waals surface area contributed by atoms with Crippen LogP contribution in [0.15, 0.2) is 150 Å². The molecule has 236 valence electrons. The monoisotopic (exact) mass is 640 g/mol. The highest BCUT2D eigenvalue weighted by Gasteiger charge is 2.44. The quantitative estimate of drug-likeness (QED) is 0.175. The smallest absolute Gasteiger partial charge is 0.333 e. The van der Waals surface area contributed by atoms with E-state index >= 15 is 0 Å². The van der Waals surface area contributed by atoms with E-state index in [0.29, 0.717) is 0 Å². The van der Waals surface area contributed by atoms with Gasteiger partial charge in [-0.1, -0.05) is 123 Å². The molecule has 3 nitrogen and oxygen atoms in total. The Morgan fingerprint density at radius 1 is 0.620 bits per heavy atom. The van der Waals surface area contributed by atoms with Crippen molar-refractivity contribution >= 4 is 78.6 Å². The predicted molar refractivity (Wildman–Crippen MR) is 211 cm³/mol. The molecule has 7 aromatic carbocycles. The third kappa shape index (κ3) is 3.76. The second-order valence-electron chi connectivity index (χ2n) is 13.9. The molecule has 0 saturated heterocycles. The Kier molecular flexibility index (Phi) is 5.86. The van der Waals surface area contributed by atoms with Gasteiger partial charge < -0.3 is 13.8 Å². The minimum absolute atomic E-state index is 0.0188. The Morgan fingerprint density at radius 3 is 2.32 bits per heavy atom. The van der Waals surface area contributed by atoms with Gasteiger partial charge >= 0.3 is 6.85 Å². The highest BCUT2D eigenvalue weighted by Crippen LogP contribution is 2.49. The predicted octanol–water partition coefficient (Wildman–Crippen LogP) is 11.1. The summed E-state index contributed by atoms with van der Waals surface area (Å²) in [6.45, 7) is 2.25. The Hall–Kier alpha value is -6.00. The van der Waals surface area contributed by atoms with Crippen LogP contribution in [0, 0.1) is 0 Å². The van der Waals surface area contributed by atoms with Crippen LogP contribution in [0.25, 0.3) is 66.0 Å². The van der Waals surface area contributed by atoms with Gasteiger partial charge in [0, 0.05) is 61.3 Å². The summed E-state index contributed by atoms with van der Waals surface area (Å²) in [5.74, 6) is 0. The maximum Gasteiger partial charge on any atom is 0.333 e. The van der Waals surface area contributed by atoms with E-state index in [2.05, 4.69) is 162 Å². The molecule has 0 saturated carbocycles. The molecule has 4 heterocycles. The summed E-state index contributed by atoms with van der Waals surface area (Å²) in [5.41, 5.74) is 17.0. The number of fused-ring (bicyclic) bond motifs is 11. The Bertz CT molecular complexity index is 2830. The molecule has 0 spiro atoms. The lowest BCUT2D eigenvalue weighted by molar-refractivity contribution is 0.669. The zero-order valence-electron chi connectivity index (χ0n) is 27.9. The summed E-state index contributed by atoms with van der Waals surface area (Å²) in [5, 5.41) is 4.96. The molecular weight excluding hydrogens is 607 g/mol. The molecule has 50 heavy (non-hydrogen) atoms. The number of rotatable bonds is 5. The van der Waals surface area contributed by atoms with Crippen molar-refractivity contribution in [2.24, 2.45) is 0 Å². The van der Waals surface area contributed by atoms with E-state index in [1.54, 1.807) is 0 Å². The maximum atomic E-state index is 6.77. The van der Waals surface area contributed by atoms with Gasteiger partial charge in [-0.2, -0.15) is 0 Å². The largest absolute Gasteiger partial charge is 0.456 e. The fraction of sp³-hybridized carbons (Fsp3) is 0.0870. The van der Waals surface area contributed by atoms with Gasteiger partial charge in [-0.05, 0) is 76.4 Å². The first-order valence-electron chi connectivity index (χ1n) is 17.9. The number of nitrogens with zero attached hydrogens (tertiary/aromatic N) is 2. The number of hydrogen-bond donors (Lipinski definition) is 0. The summed E-state index contributed by atoms with van der Waals surface area (Å²) in [4.78, 5) is 2.52. The number of para-hydroxylation sites is 3. The number of furan rings is 1. The van der Waals surface area contributed by atoms with E-state index in [4.69, 9.17) is 4.42 Å². The first-order valence-corrected chi connectivity index (χ1v) is 17.9. The fourth-order valence-corrected chi connectivity index (χ4v) is 8.99. The van der Waals surface area contributed by atoms with Gasteiger partial charge in [0.1, 0.15) is 11.2 Å². The van der Waals surface area contributed by atoms with Crippen molar-refractivity contribution in [2.45, 2.75) is 26.2 Å². The van der Waals surface area contributed by atoms with Gasteiger partial charge in [0.15, 0.2) is 0 Å². The Labute approximate surface area is 291 Å². The van der Waals surface area contributed by atoms with E-state index < -0.39 is 0 Å². The summed E-state index contributed by atoms with van der Waals surface area (Å²) in [6.07, 6.45) is 3.42. The third-order valence-corrected chi connectivity index (χ3v) is 11.1. The van der Waals surface area contributed by atoms with Gasteiger partial charge in [-0.3, -0.25) is 0 Å². The highest BCUT2D eigenvalue weighted by molar-refractivity contribution is 6.90. The Morgan fingerprint density at radius 2 is 1.42 bits per heavy atom. The zero-order valence-corrected chi connectivity index (χ0v) is 27.9. The van der Waals surface area contributed by atoms with E-state index in [1.165, 1.54) is 101 Å². The van der Waals surface area contributed by atoms with E-state index in [9.17, 15) is 0 Å². The number of unbranched alkanes of at least 4 members (excludes halogenated alkanes) is 1. The molecule has 2 aliphatic heterocycles. The molecule has 2 aliphatic rings. The van der Waals surface area contributed by atoms with E-state index in [0.717, 1.165) is 17.6 Å². The lowest BCUT2D eigenvalue weighted by atomic mass is 9.44. The van der Waals surface area contributed by atoms with Gasteiger partial charge in [0.2, 0.25) is 0 Å². The molecule has 0 N–H and O–H groups in total. The molecule has 0 amide bonds. The van der Waals surface area contributed by atoms with E-state index in [1.807, 2.05) is 0 Å². The van der Waals surface area contributed by atoms with Crippen molar-refractivity contribution in [3.8, 4) is 22.3 Å². The normalized spacial score (nSPS) is 13.1. The van der Waals surface area contributed by atoms with Crippen LogP contribution in [-0.2, 0) is 6.42 Å². The minimum Gasteiger partial charge on any atom is -0.456 e. The molecule has 9 aromatic rings. The topological polar surface area (TPSA) is 21.3 Å². The maximum absolute atomic E-state index is 6.77. The van der Waals surface area contributed by atoms with Crippen molar-refractivity contribution in [1.29, 1.82) is 0 Å². The van der Waals surface area contributed by atoms with Crippen molar-refractivity contribution in [2.75, 3.05) is 4.90 Å². The Balaban J connectivity index is 1.32. The average Bonchev–Trinajstić information content (AvgIpc) is 3.72. The van der Waals surface area contributed by atoms with Crippen LogP contribution in [0.4, 0.5) is 17.1 Å². The fourth-order valence-electron chi connectivity index (χ4n) is 8.99. The van der Waals surface area contributed by atoms with Crippen molar-refractivity contribution < 1.29 is 4.42 Å². The van der Waals surface area contributed by atoms with Crippen molar-refractivity contribution in [3.05, 3.63) is 151 Å². The molecule has 4 heteroatoms. The van der Waals surface area contributed by atoms with E-state index in [-0.39, 0.29) is 6.85 Å². The SMILES string of the molecule is CCCCc1cccc(N2c3cc(-c4ccccc4)ccc3B3c4c2cc2oc5ccccc5c2c4-c2cccc4c5ccccc5n3c24)c1. The lowest BCUT2D eigenvalue weighted by Crippen LogP contribution is -2.56. The molecule has 0 fully saturated rings. The van der Waals surface area contributed by atoms with Gasteiger partial charge in [0.25, 0.3) is 0 Å². The summed E-state index contributed by atoms with van der Waals surface area (Å²) in [7, 11) is 0. The molecule has 2 aromatic heterocycles. The molecule has 0 radical (unpaired) electrons. The zero-order chi connectivity index (χ0) is 32.9. The van der Waals surface area contributed by atoms with Crippen LogP contribution in [0.5, 0.6) is 0 Å². The lowest BCUT2D eigenvalue weighted by Gasteiger charge is -2.41. The summed E-state index contributed by atoms with van der Waals surface area (Å²) in [6, 6.07) is 53.8. The number of anilines is 3. The van der Waals surface area contributed by atoms with Crippen LogP contribution < -0.4 is 15.8 Å². The first kappa shape index (κ1) is 27.9. The molecule has 0 atom stereocenters. The minimum atomic E-state index is -0.0188. The molecule has 11 rings (SSSR count). The standard InChI is InChI=1S/C46H33BN2O/c1-2-3-13-29-14-11-17-32(26-29)48-39-27-31(30-15-5-4-6-16-30)24-25-37(39)47-45-40(48)28-42-43(35-19-8-10-23-41(35)50-42)44(45)36-21-12-20-34-33-18-7-9-22-38(33)49(47)46(34)36/h4-12,14-28H,2-3,13H2,1H3. The number of benzene rings is 7. The van der Waals surface area contributed by atoms with Gasteiger partial charge in [0.05, 0.1) is 0 Å². The third-order valence-electron chi connectivity index (χ3n) is 11.1. The van der Waals surface area contributed by atoms with Crippen LogP contribution in [0.2, 0.25) is 0 Å². The molecule has 0 aliphatic carbocycles. The number of aromatic nitrogens is 1. The molecular formula is C46H33BN2O. The summed E-state index contributed by atoms with van der Waals surface area (Å²) < 4.78 is 9.41. The van der Waals surface area contributed by atoms with Crippen LogP contribution >= 0.6 is 0 Å². The van der Waals surface area contributed by atoms with Crippen molar-refractivity contribution in [3.63, 3.8) is 0 Å². The number of hydrogen-bond acceptors (Lipinski definition) is 2. The average molecular weight is 641 g/mol. The molecule has 0 bridgehead atoms. The van der Waals surface area contributed by atoms with Gasteiger partial charge in [-0.15, -0.1) is 0 Å². The molecule has 0 unspecified atom stereocenters.